The standard InChI is InChI=1S/C16H30O4/c1-2-3-4-5-9-14(17)15-12-11-13(20-15)8-6-7-10-16(18)19/h13-15,17H,2-12H2,1H3,(H,18,19)/t13-,14+,15+/m0/s1. The molecule has 118 valence electrons. The summed E-state index contributed by atoms with van der Waals surface area (Å²) in [5, 5.41) is 18.7. The first-order chi connectivity index (χ1) is 9.63. The van der Waals surface area contributed by atoms with E-state index in [1.165, 1.54) is 19.3 Å². The second-order valence-corrected chi connectivity index (χ2v) is 5.93. The predicted molar refractivity (Wildman–Crippen MR) is 78.8 cm³/mol. The summed E-state index contributed by atoms with van der Waals surface area (Å²) in [6.07, 6.45) is 10.2. The Kier molecular flexibility index (Phi) is 8.86. The SMILES string of the molecule is CCCCCC[C@@H](O)[C@H]1CC[C@H](CCCCC(=O)O)O1. The van der Waals surface area contributed by atoms with Crippen LogP contribution < -0.4 is 0 Å². The van der Waals surface area contributed by atoms with Crippen molar-refractivity contribution in [3.8, 4) is 0 Å². The molecule has 20 heavy (non-hydrogen) atoms. The third kappa shape index (κ3) is 7.25. The molecule has 0 aliphatic carbocycles. The molecule has 1 rings (SSSR count). The molecule has 1 aliphatic rings. The number of carbonyl (C=O) groups is 1. The molecule has 0 saturated carbocycles. The van der Waals surface area contributed by atoms with Crippen molar-refractivity contribution >= 4 is 5.97 Å². The number of hydrogen-bond donors (Lipinski definition) is 2. The van der Waals surface area contributed by atoms with E-state index in [1.54, 1.807) is 0 Å². The largest absolute Gasteiger partial charge is 0.481 e. The Labute approximate surface area is 122 Å². The van der Waals surface area contributed by atoms with E-state index >= 15 is 0 Å². The molecule has 0 spiro atoms. The molecule has 0 aromatic carbocycles. The van der Waals surface area contributed by atoms with Gasteiger partial charge in [0.2, 0.25) is 0 Å². The summed E-state index contributed by atoms with van der Waals surface area (Å²) in [7, 11) is 0. The van der Waals surface area contributed by atoms with Gasteiger partial charge in [-0.3, -0.25) is 4.79 Å². The van der Waals surface area contributed by atoms with Gasteiger partial charge in [-0.1, -0.05) is 39.0 Å². The van der Waals surface area contributed by atoms with Crippen LogP contribution in [0.2, 0.25) is 0 Å². The average Bonchev–Trinajstić information content (AvgIpc) is 2.88. The summed E-state index contributed by atoms with van der Waals surface area (Å²) in [5.74, 6) is -0.724. The van der Waals surface area contributed by atoms with Crippen LogP contribution in [0.3, 0.4) is 0 Å². The van der Waals surface area contributed by atoms with Gasteiger partial charge < -0.3 is 14.9 Å². The van der Waals surface area contributed by atoms with E-state index in [4.69, 9.17) is 9.84 Å². The zero-order valence-corrected chi connectivity index (χ0v) is 12.7. The molecule has 4 heteroatoms. The van der Waals surface area contributed by atoms with Gasteiger partial charge in [-0.25, -0.2) is 0 Å². The van der Waals surface area contributed by atoms with Crippen molar-refractivity contribution in [1.29, 1.82) is 0 Å². The van der Waals surface area contributed by atoms with Crippen molar-refractivity contribution < 1.29 is 19.7 Å². The highest BCUT2D eigenvalue weighted by molar-refractivity contribution is 5.66. The molecule has 0 amide bonds. The van der Waals surface area contributed by atoms with Crippen molar-refractivity contribution in [2.24, 2.45) is 0 Å². The lowest BCUT2D eigenvalue weighted by molar-refractivity contribution is -0.137. The highest BCUT2D eigenvalue weighted by Crippen LogP contribution is 2.27. The number of unbranched alkanes of at least 4 members (excludes halogenated alkanes) is 4. The summed E-state index contributed by atoms with van der Waals surface area (Å²) in [6, 6.07) is 0. The third-order valence-corrected chi connectivity index (χ3v) is 4.09. The molecule has 0 bridgehead atoms. The zero-order chi connectivity index (χ0) is 14.8. The Balaban J connectivity index is 2.07. The predicted octanol–water partition coefficient (Wildman–Crippen LogP) is 3.51. The van der Waals surface area contributed by atoms with E-state index in [2.05, 4.69) is 6.92 Å². The fraction of sp³-hybridized carbons (Fsp3) is 0.938. The van der Waals surface area contributed by atoms with Gasteiger partial charge in [0.1, 0.15) is 0 Å². The lowest BCUT2D eigenvalue weighted by Crippen LogP contribution is -2.26. The van der Waals surface area contributed by atoms with Gasteiger partial charge in [-0.15, -0.1) is 0 Å². The van der Waals surface area contributed by atoms with Crippen LogP contribution in [0.1, 0.15) is 77.6 Å². The Morgan fingerprint density at radius 3 is 2.70 bits per heavy atom. The highest BCUT2D eigenvalue weighted by atomic mass is 16.5. The van der Waals surface area contributed by atoms with Gasteiger partial charge in [-0.2, -0.15) is 0 Å². The van der Waals surface area contributed by atoms with Crippen molar-refractivity contribution in [3.05, 3.63) is 0 Å². The molecule has 0 aromatic heterocycles. The first-order valence-electron chi connectivity index (χ1n) is 8.18. The minimum atomic E-state index is -0.724. The highest BCUT2D eigenvalue weighted by Gasteiger charge is 2.29. The molecule has 4 nitrogen and oxygen atoms in total. The van der Waals surface area contributed by atoms with Crippen LogP contribution in [0.4, 0.5) is 0 Å². The van der Waals surface area contributed by atoms with E-state index in [9.17, 15) is 9.90 Å². The molecule has 0 radical (unpaired) electrons. The second-order valence-electron chi connectivity index (χ2n) is 5.93. The summed E-state index contributed by atoms with van der Waals surface area (Å²) >= 11 is 0. The molecule has 1 fully saturated rings. The minimum Gasteiger partial charge on any atom is -0.481 e. The smallest absolute Gasteiger partial charge is 0.303 e. The maximum atomic E-state index is 10.4. The molecule has 3 atom stereocenters. The topological polar surface area (TPSA) is 66.8 Å². The van der Waals surface area contributed by atoms with E-state index in [1.807, 2.05) is 0 Å². The van der Waals surface area contributed by atoms with E-state index in [0.717, 1.165) is 44.9 Å². The molecule has 1 aliphatic heterocycles. The zero-order valence-electron chi connectivity index (χ0n) is 12.7. The molecular weight excluding hydrogens is 256 g/mol. The van der Waals surface area contributed by atoms with Crippen LogP contribution in [-0.4, -0.2) is 34.5 Å². The van der Waals surface area contributed by atoms with E-state index in [0.29, 0.717) is 0 Å². The first-order valence-corrected chi connectivity index (χ1v) is 8.18. The van der Waals surface area contributed by atoms with Crippen LogP contribution in [0.5, 0.6) is 0 Å². The Morgan fingerprint density at radius 1 is 1.20 bits per heavy atom. The van der Waals surface area contributed by atoms with Crippen molar-refractivity contribution in [2.45, 2.75) is 95.9 Å². The number of rotatable bonds is 11. The molecule has 1 saturated heterocycles. The van der Waals surface area contributed by atoms with Crippen LogP contribution in [-0.2, 0) is 9.53 Å². The Morgan fingerprint density at radius 2 is 2.00 bits per heavy atom. The van der Waals surface area contributed by atoms with Crippen LogP contribution in [0.25, 0.3) is 0 Å². The number of carboxylic acids is 1. The van der Waals surface area contributed by atoms with Gasteiger partial charge in [-0.05, 0) is 32.1 Å². The van der Waals surface area contributed by atoms with Crippen LogP contribution in [0.15, 0.2) is 0 Å². The maximum Gasteiger partial charge on any atom is 0.303 e. The minimum absolute atomic E-state index is 0.00102. The fourth-order valence-corrected chi connectivity index (χ4v) is 2.84. The lowest BCUT2D eigenvalue weighted by atomic mass is 10.0. The summed E-state index contributed by atoms with van der Waals surface area (Å²) in [5.41, 5.74) is 0. The van der Waals surface area contributed by atoms with Crippen LogP contribution >= 0.6 is 0 Å². The van der Waals surface area contributed by atoms with Crippen molar-refractivity contribution in [2.75, 3.05) is 0 Å². The number of carboxylic acid groups (broad SMARTS) is 1. The van der Waals surface area contributed by atoms with Crippen LogP contribution in [0, 0.1) is 0 Å². The number of aliphatic hydroxyl groups excluding tert-OH is 1. The monoisotopic (exact) mass is 286 g/mol. The molecule has 0 unspecified atom stereocenters. The van der Waals surface area contributed by atoms with Crippen molar-refractivity contribution in [3.63, 3.8) is 0 Å². The fourth-order valence-electron chi connectivity index (χ4n) is 2.84. The maximum absolute atomic E-state index is 10.4. The van der Waals surface area contributed by atoms with Crippen molar-refractivity contribution in [1.82, 2.24) is 0 Å². The summed E-state index contributed by atoms with van der Waals surface area (Å²) in [6.45, 7) is 2.19. The molecule has 0 aromatic rings. The lowest BCUT2D eigenvalue weighted by Gasteiger charge is -2.19. The number of ether oxygens (including phenoxy) is 1. The first kappa shape index (κ1) is 17.4. The van der Waals surface area contributed by atoms with Gasteiger partial charge >= 0.3 is 5.97 Å². The van der Waals surface area contributed by atoms with Gasteiger partial charge in [0.05, 0.1) is 18.3 Å². The Bertz CT molecular complexity index is 267. The van der Waals surface area contributed by atoms with Gasteiger partial charge in [0.25, 0.3) is 0 Å². The third-order valence-electron chi connectivity index (χ3n) is 4.09. The molecule has 2 N–H and O–H groups in total. The average molecular weight is 286 g/mol. The number of aliphatic hydroxyl groups is 1. The van der Waals surface area contributed by atoms with E-state index < -0.39 is 5.97 Å². The Hall–Kier alpha value is -0.610. The van der Waals surface area contributed by atoms with Gasteiger partial charge in [0.15, 0.2) is 0 Å². The molecule has 1 heterocycles. The molecular formula is C16H30O4. The summed E-state index contributed by atoms with van der Waals surface area (Å²) in [4.78, 5) is 10.4. The normalized spacial score (nSPS) is 23.9. The number of aliphatic carboxylic acids is 1. The summed E-state index contributed by atoms with van der Waals surface area (Å²) < 4.78 is 5.89. The van der Waals surface area contributed by atoms with Gasteiger partial charge in [0, 0.05) is 6.42 Å². The quantitative estimate of drug-likeness (QED) is 0.570. The number of hydrogen-bond acceptors (Lipinski definition) is 3. The second kappa shape index (κ2) is 10.2. The van der Waals surface area contributed by atoms with E-state index in [-0.39, 0.29) is 24.7 Å².